The molecule has 0 unspecified atom stereocenters. The third kappa shape index (κ3) is 2.45. The highest BCUT2D eigenvalue weighted by atomic mass is 35.5. The second kappa shape index (κ2) is 5.18. The van der Waals surface area contributed by atoms with Crippen LogP contribution in [0.15, 0.2) is 0 Å². The number of nitrogens with zero attached hydrogens (tertiary/aromatic N) is 4. The van der Waals surface area contributed by atoms with Gasteiger partial charge in [-0.2, -0.15) is 4.98 Å². The van der Waals surface area contributed by atoms with Crippen LogP contribution in [0.1, 0.15) is 19.4 Å². The number of aromatic nitrogens is 2. The second-order valence-corrected chi connectivity index (χ2v) is 5.82. The van der Waals surface area contributed by atoms with E-state index >= 15 is 0 Å². The monoisotopic (exact) mass is 295 g/mol. The van der Waals surface area contributed by atoms with E-state index in [4.69, 9.17) is 11.6 Å². The molecule has 0 aromatic carbocycles. The average Bonchev–Trinajstić information content (AvgIpc) is 2.78. The van der Waals surface area contributed by atoms with Crippen LogP contribution in [0.2, 0.25) is 5.28 Å². The van der Waals surface area contributed by atoms with Crippen molar-refractivity contribution in [2.45, 2.75) is 26.3 Å². The molecule has 1 aromatic heterocycles. The van der Waals surface area contributed by atoms with E-state index in [1.54, 1.807) is 0 Å². The number of fused-ring (bicyclic) bond motifs is 1. The van der Waals surface area contributed by atoms with Crippen molar-refractivity contribution < 1.29 is 4.79 Å². The van der Waals surface area contributed by atoms with Crippen molar-refractivity contribution in [1.29, 1.82) is 0 Å². The van der Waals surface area contributed by atoms with Gasteiger partial charge < -0.3 is 10.2 Å². The van der Waals surface area contributed by atoms with Crippen LogP contribution in [0.25, 0.3) is 0 Å². The molecule has 1 fully saturated rings. The Hall–Kier alpha value is -1.40. The first-order chi connectivity index (χ1) is 9.54. The summed E-state index contributed by atoms with van der Waals surface area (Å²) in [7, 11) is 0. The maximum absolute atomic E-state index is 11.5. The van der Waals surface area contributed by atoms with Gasteiger partial charge in [-0.1, -0.05) is 0 Å². The summed E-state index contributed by atoms with van der Waals surface area (Å²) in [5.74, 6) is 1.33. The highest BCUT2D eigenvalue weighted by molar-refractivity contribution is 6.28. The van der Waals surface area contributed by atoms with Crippen molar-refractivity contribution in [3.63, 3.8) is 0 Å². The lowest BCUT2D eigenvalue weighted by atomic mass is 10.2. The van der Waals surface area contributed by atoms with Gasteiger partial charge in [0.25, 0.3) is 0 Å². The molecule has 0 atom stereocenters. The standard InChI is InChI=1S/C13H18ClN5O/c1-8(2)18-3-5-19(6-4-18)12-9-7-10(20)15-11(9)16-13(14)17-12/h8H,3-7H2,1-2H3,(H,15,16,17,20). The van der Waals surface area contributed by atoms with Gasteiger partial charge >= 0.3 is 0 Å². The van der Waals surface area contributed by atoms with Crippen LogP contribution in [0.5, 0.6) is 0 Å². The molecule has 20 heavy (non-hydrogen) atoms. The zero-order chi connectivity index (χ0) is 14.3. The Balaban J connectivity index is 1.84. The molecule has 0 saturated carbocycles. The van der Waals surface area contributed by atoms with Gasteiger partial charge in [-0.05, 0) is 25.4 Å². The van der Waals surface area contributed by atoms with Gasteiger partial charge in [0, 0.05) is 37.8 Å². The van der Waals surface area contributed by atoms with Gasteiger partial charge in [-0.25, -0.2) is 4.98 Å². The lowest BCUT2D eigenvalue weighted by molar-refractivity contribution is -0.115. The molecule has 1 N–H and O–H groups in total. The van der Waals surface area contributed by atoms with Crippen LogP contribution in [-0.2, 0) is 11.2 Å². The van der Waals surface area contributed by atoms with Gasteiger partial charge in [0.05, 0.1) is 6.42 Å². The van der Waals surface area contributed by atoms with E-state index in [1.807, 2.05) is 0 Å². The van der Waals surface area contributed by atoms with Crippen LogP contribution < -0.4 is 10.2 Å². The predicted molar refractivity (Wildman–Crippen MR) is 78.3 cm³/mol. The van der Waals surface area contributed by atoms with E-state index in [1.165, 1.54) is 0 Å². The van der Waals surface area contributed by atoms with E-state index in [-0.39, 0.29) is 11.2 Å². The molecule has 1 aromatic rings. The zero-order valence-corrected chi connectivity index (χ0v) is 12.4. The topological polar surface area (TPSA) is 61.4 Å². The number of carbonyl (C=O) groups excluding carboxylic acids is 1. The van der Waals surface area contributed by atoms with E-state index in [2.05, 4.69) is 38.9 Å². The lowest BCUT2D eigenvalue weighted by Crippen LogP contribution is -2.49. The highest BCUT2D eigenvalue weighted by Crippen LogP contribution is 2.31. The van der Waals surface area contributed by atoms with Crippen LogP contribution >= 0.6 is 11.6 Å². The van der Waals surface area contributed by atoms with Crippen molar-refractivity contribution in [3.8, 4) is 0 Å². The third-order valence-corrected chi connectivity index (χ3v) is 4.07. The summed E-state index contributed by atoms with van der Waals surface area (Å²) < 4.78 is 0. The number of hydrogen-bond acceptors (Lipinski definition) is 5. The molecule has 0 bridgehead atoms. The van der Waals surface area contributed by atoms with Crippen LogP contribution in [0.4, 0.5) is 11.6 Å². The number of halogens is 1. The average molecular weight is 296 g/mol. The lowest BCUT2D eigenvalue weighted by Gasteiger charge is -2.38. The maximum atomic E-state index is 11.5. The molecule has 0 aliphatic carbocycles. The van der Waals surface area contributed by atoms with Crippen molar-refractivity contribution >= 4 is 29.1 Å². The Kier molecular flexibility index (Phi) is 3.52. The van der Waals surface area contributed by atoms with Gasteiger partial charge in [0.2, 0.25) is 11.2 Å². The fourth-order valence-electron chi connectivity index (χ4n) is 2.76. The fraction of sp³-hybridized carbons (Fsp3) is 0.615. The van der Waals surface area contributed by atoms with Crippen molar-refractivity contribution in [3.05, 3.63) is 10.8 Å². The number of nitrogens with one attached hydrogen (secondary N) is 1. The summed E-state index contributed by atoms with van der Waals surface area (Å²) in [6.45, 7) is 8.19. The minimum absolute atomic E-state index is 0.0429. The summed E-state index contributed by atoms with van der Waals surface area (Å²) in [5.41, 5.74) is 0.873. The molecule has 0 spiro atoms. The second-order valence-electron chi connectivity index (χ2n) is 5.49. The van der Waals surface area contributed by atoms with Gasteiger partial charge in [-0.15, -0.1) is 0 Å². The SMILES string of the molecule is CC(C)N1CCN(c2nc(Cl)nc3c2CC(=O)N3)CC1. The number of anilines is 2. The third-order valence-electron chi connectivity index (χ3n) is 3.90. The number of piperazine rings is 1. The molecule has 1 saturated heterocycles. The summed E-state index contributed by atoms with van der Waals surface area (Å²) in [6.07, 6.45) is 0.340. The van der Waals surface area contributed by atoms with E-state index in [9.17, 15) is 4.79 Å². The number of rotatable bonds is 2. The summed E-state index contributed by atoms with van der Waals surface area (Å²) in [6, 6.07) is 0.556. The van der Waals surface area contributed by atoms with Crippen LogP contribution in [0, 0.1) is 0 Å². The van der Waals surface area contributed by atoms with Crippen LogP contribution in [0.3, 0.4) is 0 Å². The van der Waals surface area contributed by atoms with Crippen LogP contribution in [-0.4, -0.2) is 53.0 Å². The molecule has 0 radical (unpaired) electrons. The molecule has 6 nitrogen and oxygen atoms in total. The molecule has 3 rings (SSSR count). The first-order valence-corrected chi connectivity index (χ1v) is 7.27. The first kappa shape index (κ1) is 13.6. The summed E-state index contributed by atoms with van der Waals surface area (Å²) >= 11 is 5.96. The van der Waals surface area contributed by atoms with Crippen molar-refractivity contribution in [1.82, 2.24) is 14.9 Å². The Morgan fingerprint density at radius 3 is 2.55 bits per heavy atom. The quantitative estimate of drug-likeness (QED) is 0.830. The summed E-state index contributed by atoms with van der Waals surface area (Å²) in [4.78, 5) is 24.6. The molecular weight excluding hydrogens is 278 g/mol. The smallest absolute Gasteiger partial charge is 0.230 e. The van der Waals surface area contributed by atoms with Crippen molar-refractivity contribution in [2.24, 2.45) is 0 Å². The molecular formula is C13H18ClN5O. The Labute approximate surface area is 123 Å². The number of amides is 1. The molecule has 1 amide bonds. The maximum Gasteiger partial charge on any atom is 0.230 e. The molecule has 108 valence electrons. The first-order valence-electron chi connectivity index (χ1n) is 6.90. The number of hydrogen-bond donors (Lipinski definition) is 1. The Morgan fingerprint density at radius 1 is 1.20 bits per heavy atom. The Bertz CT molecular complexity index is 540. The fourth-order valence-corrected chi connectivity index (χ4v) is 2.92. The van der Waals surface area contributed by atoms with E-state index in [0.29, 0.717) is 18.3 Å². The Morgan fingerprint density at radius 2 is 1.90 bits per heavy atom. The largest absolute Gasteiger partial charge is 0.354 e. The van der Waals surface area contributed by atoms with Crippen molar-refractivity contribution in [2.75, 3.05) is 36.4 Å². The number of carbonyl (C=O) groups is 1. The minimum atomic E-state index is -0.0429. The van der Waals surface area contributed by atoms with E-state index in [0.717, 1.165) is 37.6 Å². The normalized spacial score (nSPS) is 19.4. The molecule has 3 heterocycles. The van der Waals surface area contributed by atoms with E-state index < -0.39 is 0 Å². The predicted octanol–water partition coefficient (Wildman–Crippen LogP) is 1.15. The molecule has 2 aliphatic rings. The minimum Gasteiger partial charge on any atom is -0.354 e. The summed E-state index contributed by atoms with van der Waals surface area (Å²) in [5, 5.41) is 2.92. The van der Waals surface area contributed by atoms with Gasteiger partial charge in [-0.3, -0.25) is 9.69 Å². The highest BCUT2D eigenvalue weighted by Gasteiger charge is 2.29. The molecule has 2 aliphatic heterocycles. The van der Waals surface area contributed by atoms with Gasteiger partial charge in [0.1, 0.15) is 11.6 Å². The zero-order valence-electron chi connectivity index (χ0n) is 11.7. The molecule has 7 heteroatoms. The van der Waals surface area contributed by atoms with Gasteiger partial charge in [0.15, 0.2) is 0 Å².